The van der Waals surface area contributed by atoms with Crippen LogP contribution in [0.2, 0.25) is 0 Å². The van der Waals surface area contributed by atoms with E-state index in [1.165, 1.54) is 4.90 Å². The number of benzene rings is 2. The Morgan fingerprint density at radius 2 is 1.89 bits per heavy atom. The maximum absolute atomic E-state index is 11.3. The van der Waals surface area contributed by atoms with Crippen LogP contribution in [0, 0.1) is 0 Å². The minimum absolute atomic E-state index is 0.445. The molecule has 0 aliphatic carbocycles. The minimum atomic E-state index is 0.445. The Hall–Kier alpha value is -2.89. The number of amides is 1. The Morgan fingerprint density at radius 1 is 1.11 bits per heavy atom. The van der Waals surface area contributed by atoms with Gasteiger partial charge in [-0.25, -0.2) is 0 Å². The Labute approximate surface area is 108 Å². The zero-order valence-electron chi connectivity index (χ0n) is 9.84. The number of fused-ring (bicyclic) bond motifs is 1. The third kappa shape index (κ3) is 1.89. The van der Waals surface area contributed by atoms with Crippen LogP contribution in [0.25, 0.3) is 11.0 Å². The van der Waals surface area contributed by atoms with Crippen molar-refractivity contribution in [2.45, 2.75) is 0 Å². The van der Waals surface area contributed by atoms with Gasteiger partial charge in [0, 0.05) is 5.69 Å². The molecule has 1 N–H and O–H groups in total. The van der Waals surface area contributed by atoms with E-state index < -0.39 is 0 Å². The van der Waals surface area contributed by atoms with Gasteiger partial charge in [-0.1, -0.05) is 23.0 Å². The SMILES string of the molecule is O=CN(c1ccccc1)c1ccc2nnn(O)c2c1. The van der Waals surface area contributed by atoms with E-state index in [2.05, 4.69) is 10.3 Å². The molecule has 0 aliphatic rings. The van der Waals surface area contributed by atoms with Crippen molar-refractivity contribution in [2.75, 3.05) is 4.90 Å². The van der Waals surface area contributed by atoms with Crippen LogP contribution in [-0.2, 0) is 4.79 Å². The van der Waals surface area contributed by atoms with Gasteiger partial charge in [0.1, 0.15) is 11.0 Å². The monoisotopic (exact) mass is 254 g/mol. The van der Waals surface area contributed by atoms with E-state index >= 15 is 0 Å². The summed E-state index contributed by atoms with van der Waals surface area (Å²) >= 11 is 0. The van der Waals surface area contributed by atoms with E-state index in [0.717, 1.165) is 12.1 Å². The zero-order chi connectivity index (χ0) is 13.2. The van der Waals surface area contributed by atoms with Crippen molar-refractivity contribution in [1.29, 1.82) is 0 Å². The molecule has 3 rings (SSSR count). The lowest BCUT2D eigenvalue weighted by Crippen LogP contribution is -2.13. The van der Waals surface area contributed by atoms with Crippen molar-refractivity contribution >= 4 is 28.8 Å². The van der Waals surface area contributed by atoms with Crippen LogP contribution >= 0.6 is 0 Å². The van der Waals surface area contributed by atoms with E-state index in [-0.39, 0.29) is 0 Å². The third-order valence-corrected chi connectivity index (χ3v) is 2.83. The first kappa shape index (κ1) is 11.2. The summed E-state index contributed by atoms with van der Waals surface area (Å²) in [5.41, 5.74) is 2.38. The number of para-hydroxylation sites is 1. The lowest BCUT2D eigenvalue weighted by molar-refractivity contribution is -0.106. The molecule has 6 nitrogen and oxygen atoms in total. The van der Waals surface area contributed by atoms with Crippen LogP contribution in [0.1, 0.15) is 0 Å². The number of carbonyl (C=O) groups is 1. The summed E-state index contributed by atoms with van der Waals surface area (Å²) in [6, 6.07) is 14.3. The van der Waals surface area contributed by atoms with Crippen LogP contribution in [0.3, 0.4) is 0 Å². The van der Waals surface area contributed by atoms with Crippen molar-refractivity contribution in [2.24, 2.45) is 0 Å². The van der Waals surface area contributed by atoms with E-state index in [1.807, 2.05) is 30.3 Å². The first-order valence-corrected chi connectivity index (χ1v) is 5.64. The van der Waals surface area contributed by atoms with E-state index in [1.54, 1.807) is 18.2 Å². The first-order chi connectivity index (χ1) is 9.29. The number of rotatable bonds is 3. The second-order valence-corrected chi connectivity index (χ2v) is 3.96. The molecule has 3 aromatic rings. The molecule has 0 fully saturated rings. The number of hydrogen-bond donors (Lipinski definition) is 1. The molecule has 0 unspecified atom stereocenters. The number of carbonyl (C=O) groups excluding carboxylic acids is 1. The van der Waals surface area contributed by atoms with Crippen molar-refractivity contribution in [1.82, 2.24) is 15.2 Å². The highest BCUT2D eigenvalue weighted by Crippen LogP contribution is 2.26. The molecule has 19 heavy (non-hydrogen) atoms. The van der Waals surface area contributed by atoms with E-state index in [9.17, 15) is 10.0 Å². The Balaban J connectivity index is 2.11. The Kier molecular flexibility index (Phi) is 2.60. The summed E-state index contributed by atoms with van der Waals surface area (Å²) in [7, 11) is 0. The highest BCUT2D eigenvalue weighted by molar-refractivity contribution is 5.90. The van der Waals surface area contributed by atoms with Crippen molar-refractivity contribution in [3.63, 3.8) is 0 Å². The summed E-state index contributed by atoms with van der Waals surface area (Å²) in [5.74, 6) is 0. The van der Waals surface area contributed by atoms with Gasteiger partial charge in [-0.3, -0.25) is 9.69 Å². The maximum atomic E-state index is 11.3. The van der Waals surface area contributed by atoms with E-state index in [0.29, 0.717) is 21.6 Å². The minimum Gasteiger partial charge on any atom is -0.410 e. The fourth-order valence-corrected chi connectivity index (χ4v) is 1.90. The molecule has 6 heteroatoms. The molecule has 1 amide bonds. The molecule has 94 valence electrons. The molecule has 0 aliphatic heterocycles. The molecule has 0 spiro atoms. The van der Waals surface area contributed by atoms with E-state index in [4.69, 9.17) is 0 Å². The predicted octanol–water partition coefficient (Wildman–Crippen LogP) is 1.96. The molecule has 2 aromatic carbocycles. The summed E-state index contributed by atoms with van der Waals surface area (Å²) in [4.78, 5) is 13.5. The molecule has 0 atom stereocenters. The van der Waals surface area contributed by atoms with Crippen molar-refractivity contribution in [3.8, 4) is 0 Å². The van der Waals surface area contributed by atoms with Gasteiger partial charge in [0.05, 0.1) is 5.69 Å². The van der Waals surface area contributed by atoms with Gasteiger partial charge in [-0.15, -0.1) is 5.10 Å². The van der Waals surface area contributed by atoms with Gasteiger partial charge in [-0.2, -0.15) is 0 Å². The lowest BCUT2D eigenvalue weighted by atomic mass is 10.2. The van der Waals surface area contributed by atoms with Crippen LogP contribution in [0.15, 0.2) is 48.5 Å². The highest BCUT2D eigenvalue weighted by Gasteiger charge is 2.11. The summed E-state index contributed by atoms with van der Waals surface area (Å²) in [5, 5.41) is 16.8. The highest BCUT2D eigenvalue weighted by atomic mass is 16.5. The second-order valence-electron chi connectivity index (χ2n) is 3.96. The fourth-order valence-electron chi connectivity index (χ4n) is 1.90. The van der Waals surface area contributed by atoms with Crippen molar-refractivity contribution < 1.29 is 10.0 Å². The van der Waals surface area contributed by atoms with Crippen LogP contribution in [0.5, 0.6) is 0 Å². The van der Waals surface area contributed by atoms with Gasteiger partial charge in [0.2, 0.25) is 6.41 Å². The smallest absolute Gasteiger partial charge is 0.218 e. The number of hydrogen-bond acceptors (Lipinski definition) is 4. The molecular formula is C13H10N4O2. The molecule has 1 aromatic heterocycles. The standard InChI is InChI=1S/C13H10N4O2/c18-9-16(10-4-2-1-3-5-10)11-6-7-12-13(8-11)17(19)15-14-12/h1-9,19H. The quantitative estimate of drug-likeness (QED) is 0.573. The lowest BCUT2D eigenvalue weighted by Gasteiger charge is -2.17. The van der Waals surface area contributed by atoms with Gasteiger partial charge in [0.25, 0.3) is 0 Å². The van der Waals surface area contributed by atoms with Crippen LogP contribution < -0.4 is 4.90 Å². The molecule has 0 saturated carbocycles. The molecule has 0 radical (unpaired) electrons. The predicted molar refractivity (Wildman–Crippen MR) is 69.4 cm³/mol. The number of nitrogens with zero attached hydrogens (tertiary/aromatic N) is 4. The van der Waals surface area contributed by atoms with Crippen molar-refractivity contribution in [3.05, 3.63) is 48.5 Å². The largest absolute Gasteiger partial charge is 0.410 e. The summed E-state index contributed by atoms with van der Waals surface area (Å²) < 4.78 is 0. The van der Waals surface area contributed by atoms with Gasteiger partial charge in [0.15, 0.2) is 0 Å². The molecular weight excluding hydrogens is 244 g/mol. The topological polar surface area (TPSA) is 71.2 Å². The first-order valence-electron chi connectivity index (χ1n) is 5.64. The summed E-state index contributed by atoms with van der Waals surface area (Å²) in [6.45, 7) is 0. The zero-order valence-corrected chi connectivity index (χ0v) is 9.84. The molecule has 1 heterocycles. The van der Waals surface area contributed by atoms with Crippen LogP contribution in [-0.4, -0.2) is 26.8 Å². The fraction of sp³-hybridized carbons (Fsp3) is 0. The Morgan fingerprint density at radius 3 is 2.63 bits per heavy atom. The third-order valence-electron chi connectivity index (χ3n) is 2.83. The number of anilines is 2. The van der Waals surface area contributed by atoms with Crippen LogP contribution in [0.4, 0.5) is 11.4 Å². The van der Waals surface area contributed by atoms with Gasteiger partial charge in [-0.05, 0) is 35.5 Å². The average Bonchev–Trinajstić information content (AvgIpc) is 2.82. The second kappa shape index (κ2) is 4.41. The molecule has 0 bridgehead atoms. The van der Waals surface area contributed by atoms with Gasteiger partial charge < -0.3 is 5.21 Å². The molecule has 0 saturated heterocycles. The Bertz CT molecular complexity index is 724. The normalized spacial score (nSPS) is 10.5. The number of aromatic nitrogens is 3. The average molecular weight is 254 g/mol. The maximum Gasteiger partial charge on any atom is 0.218 e. The van der Waals surface area contributed by atoms with Gasteiger partial charge >= 0.3 is 0 Å². The summed E-state index contributed by atoms with van der Waals surface area (Å²) in [6.07, 6.45) is 0.724.